The monoisotopic (exact) mass is 525 g/mol. The molecule has 0 aliphatic heterocycles. The lowest BCUT2D eigenvalue weighted by Gasteiger charge is -2.25. The molecule has 11 heteroatoms. The molecule has 0 saturated carbocycles. The van der Waals surface area contributed by atoms with Gasteiger partial charge in [-0.2, -0.15) is 12.6 Å². The summed E-state index contributed by atoms with van der Waals surface area (Å²) in [6, 6.07) is 12.3. The summed E-state index contributed by atoms with van der Waals surface area (Å²) >= 11 is 3.99. The Morgan fingerprint density at radius 2 is 1.43 bits per heavy atom. The van der Waals surface area contributed by atoms with Gasteiger partial charge in [-0.05, 0) is 24.1 Å². The molecule has 7 N–H and O–H groups in total. The zero-order chi connectivity index (χ0) is 26.9. The number of nitrogens with two attached hydrogens (primary N) is 1. The van der Waals surface area contributed by atoms with Crippen molar-refractivity contribution in [2.75, 3.05) is 5.75 Å². The molecule has 0 aliphatic rings. The quantitative estimate of drug-likeness (QED) is 0.173. The number of H-pyrrole nitrogens is 1. The first-order chi connectivity index (χ1) is 17.7. The minimum Gasteiger partial charge on any atom is -0.480 e. The fourth-order valence-electron chi connectivity index (χ4n) is 3.82. The van der Waals surface area contributed by atoms with Crippen LogP contribution in [-0.4, -0.2) is 63.7 Å². The van der Waals surface area contributed by atoms with Crippen molar-refractivity contribution < 1.29 is 24.3 Å². The Kier molecular flexibility index (Phi) is 9.70. The lowest BCUT2D eigenvalue weighted by Crippen LogP contribution is -2.58. The summed E-state index contributed by atoms with van der Waals surface area (Å²) < 4.78 is 0. The molecule has 1 heterocycles. The van der Waals surface area contributed by atoms with E-state index in [1.807, 2.05) is 30.3 Å². The van der Waals surface area contributed by atoms with Gasteiger partial charge in [-0.25, -0.2) is 4.79 Å². The van der Waals surface area contributed by atoms with E-state index in [1.165, 1.54) is 6.92 Å². The van der Waals surface area contributed by atoms with Gasteiger partial charge in [0, 0.05) is 35.7 Å². The highest BCUT2D eigenvalue weighted by Gasteiger charge is 2.30. The lowest BCUT2D eigenvalue weighted by molar-refractivity contribution is -0.141. The number of carboxylic acids is 1. The first-order valence-corrected chi connectivity index (χ1v) is 12.4. The summed E-state index contributed by atoms with van der Waals surface area (Å²) in [5.41, 5.74) is 8.15. The highest BCUT2D eigenvalue weighted by molar-refractivity contribution is 7.80. The minimum absolute atomic E-state index is 0.109. The van der Waals surface area contributed by atoms with Crippen molar-refractivity contribution in [3.05, 3.63) is 71.9 Å². The van der Waals surface area contributed by atoms with Crippen molar-refractivity contribution in [1.29, 1.82) is 0 Å². The van der Waals surface area contributed by atoms with E-state index in [-0.39, 0.29) is 18.6 Å². The number of fused-ring (bicyclic) bond motifs is 1. The Balaban J connectivity index is 1.86. The van der Waals surface area contributed by atoms with Gasteiger partial charge in [-0.15, -0.1) is 0 Å². The van der Waals surface area contributed by atoms with Crippen LogP contribution in [0.4, 0.5) is 0 Å². The Labute approximate surface area is 219 Å². The van der Waals surface area contributed by atoms with Gasteiger partial charge in [0.1, 0.15) is 18.1 Å². The maximum Gasteiger partial charge on any atom is 0.327 e. The van der Waals surface area contributed by atoms with E-state index < -0.39 is 47.9 Å². The molecule has 196 valence electrons. The van der Waals surface area contributed by atoms with Crippen LogP contribution in [0, 0.1) is 0 Å². The number of carbonyl (C=O) groups excluding carboxylic acids is 3. The zero-order valence-corrected chi connectivity index (χ0v) is 21.2. The second-order valence-corrected chi connectivity index (χ2v) is 9.11. The Hall–Kier alpha value is -3.83. The highest BCUT2D eigenvalue weighted by Crippen LogP contribution is 2.19. The summed E-state index contributed by atoms with van der Waals surface area (Å²) in [4.78, 5) is 53.6. The number of hydrogen-bond donors (Lipinski definition) is 7. The molecule has 2 aromatic carbocycles. The van der Waals surface area contributed by atoms with E-state index >= 15 is 0 Å². The van der Waals surface area contributed by atoms with Gasteiger partial charge in [-0.3, -0.25) is 14.4 Å². The Morgan fingerprint density at radius 3 is 2.05 bits per heavy atom. The smallest absolute Gasteiger partial charge is 0.327 e. The number of benzene rings is 2. The molecule has 3 rings (SSSR count). The number of carboxylic acid groups (broad SMARTS) is 1. The third kappa shape index (κ3) is 7.58. The molecule has 0 bridgehead atoms. The molecule has 0 saturated heterocycles. The van der Waals surface area contributed by atoms with E-state index in [2.05, 4.69) is 33.6 Å². The molecule has 10 nitrogen and oxygen atoms in total. The maximum absolute atomic E-state index is 13.5. The van der Waals surface area contributed by atoms with Gasteiger partial charge in [0.25, 0.3) is 0 Å². The summed E-state index contributed by atoms with van der Waals surface area (Å²) in [7, 11) is 0. The fraction of sp³-hybridized carbons (Fsp3) is 0.308. The number of amides is 3. The number of aliphatic carboxylic acids is 1. The molecule has 1 aromatic heterocycles. The van der Waals surface area contributed by atoms with Crippen molar-refractivity contribution >= 4 is 47.2 Å². The molecule has 4 unspecified atom stereocenters. The molecule has 0 spiro atoms. The van der Waals surface area contributed by atoms with Crippen LogP contribution in [0.5, 0.6) is 0 Å². The van der Waals surface area contributed by atoms with Crippen molar-refractivity contribution in [2.24, 2.45) is 5.73 Å². The van der Waals surface area contributed by atoms with Crippen molar-refractivity contribution in [3.8, 4) is 0 Å². The summed E-state index contributed by atoms with van der Waals surface area (Å²) in [5.74, 6) is -3.17. The first kappa shape index (κ1) is 27.8. The molecule has 3 amide bonds. The molecular formula is C26H31N5O5S. The molecule has 37 heavy (non-hydrogen) atoms. The van der Waals surface area contributed by atoms with Crippen LogP contribution < -0.4 is 21.7 Å². The van der Waals surface area contributed by atoms with E-state index in [4.69, 9.17) is 5.73 Å². The predicted octanol–water partition coefficient (Wildman–Crippen LogP) is 0.769. The molecule has 4 atom stereocenters. The van der Waals surface area contributed by atoms with Crippen LogP contribution in [-0.2, 0) is 32.0 Å². The van der Waals surface area contributed by atoms with Gasteiger partial charge >= 0.3 is 5.97 Å². The summed E-state index contributed by atoms with van der Waals surface area (Å²) in [6.07, 6.45) is 2.02. The molecule has 0 radical (unpaired) electrons. The second-order valence-electron chi connectivity index (χ2n) is 8.75. The molecule has 0 fully saturated rings. The molecule has 0 aliphatic carbocycles. The van der Waals surface area contributed by atoms with E-state index in [1.54, 1.807) is 30.5 Å². The average molecular weight is 526 g/mol. The average Bonchev–Trinajstić information content (AvgIpc) is 3.29. The van der Waals surface area contributed by atoms with E-state index in [0.29, 0.717) is 0 Å². The van der Waals surface area contributed by atoms with Crippen LogP contribution in [0.1, 0.15) is 18.1 Å². The summed E-state index contributed by atoms with van der Waals surface area (Å²) in [5, 5.41) is 18.0. The van der Waals surface area contributed by atoms with Gasteiger partial charge in [0.15, 0.2) is 0 Å². The first-order valence-electron chi connectivity index (χ1n) is 11.8. The third-order valence-corrected chi connectivity index (χ3v) is 6.22. The Morgan fingerprint density at radius 1 is 0.865 bits per heavy atom. The van der Waals surface area contributed by atoms with Crippen LogP contribution in [0.3, 0.4) is 0 Å². The largest absolute Gasteiger partial charge is 0.480 e. The Bertz CT molecular complexity index is 1250. The minimum atomic E-state index is -1.24. The second kappa shape index (κ2) is 12.9. The standard InChI is InChI=1S/C26H31N5O5S/c1-15(27)23(32)29-21(12-17-13-28-19-10-6-5-9-18(17)19)25(34)30-20(11-16-7-3-2-4-8-16)24(33)31-22(14-37)26(35)36/h2-10,13,15,20-22,28,37H,11-12,14,27H2,1H3,(H,29,32)(H,30,34)(H,31,33)(H,35,36). The van der Waals surface area contributed by atoms with Crippen molar-refractivity contribution in [1.82, 2.24) is 20.9 Å². The number of nitrogens with one attached hydrogen (secondary N) is 4. The SMILES string of the molecule is CC(N)C(=O)NC(Cc1c[nH]c2ccccc12)C(=O)NC(Cc1ccccc1)C(=O)NC(CS)C(=O)O. The number of para-hydroxylation sites is 1. The van der Waals surface area contributed by atoms with E-state index in [9.17, 15) is 24.3 Å². The molecule has 3 aromatic rings. The third-order valence-electron chi connectivity index (χ3n) is 5.86. The lowest BCUT2D eigenvalue weighted by atomic mass is 10.0. The van der Waals surface area contributed by atoms with Crippen LogP contribution in [0.2, 0.25) is 0 Å². The predicted molar refractivity (Wildman–Crippen MR) is 143 cm³/mol. The van der Waals surface area contributed by atoms with Gasteiger partial charge < -0.3 is 31.8 Å². The number of aromatic nitrogens is 1. The van der Waals surface area contributed by atoms with E-state index in [0.717, 1.165) is 22.0 Å². The molecular weight excluding hydrogens is 494 g/mol. The normalized spacial score (nSPS) is 14.2. The fourth-order valence-corrected chi connectivity index (χ4v) is 4.07. The van der Waals surface area contributed by atoms with Crippen LogP contribution in [0.25, 0.3) is 10.9 Å². The zero-order valence-electron chi connectivity index (χ0n) is 20.3. The number of hydrogen-bond acceptors (Lipinski definition) is 6. The number of thiol groups is 1. The van der Waals surface area contributed by atoms with Crippen LogP contribution >= 0.6 is 12.6 Å². The van der Waals surface area contributed by atoms with Gasteiger partial charge in [0.05, 0.1) is 6.04 Å². The topological polar surface area (TPSA) is 166 Å². The van der Waals surface area contributed by atoms with Crippen LogP contribution in [0.15, 0.2) is 60.8 Å². The van der Waals surface area contributed by atoms with Gasteiger partial charge in [-0.1, -0.05) is 48.5 Å². The number of rotatable bonds is 12. The van der Waals surface area contributed by atoms with Crippen molar-refractivity contribution in [3.63, 3.8) is 0 Å². The number of aromatic amines is 1. The summed E-state index contributed by atoms with van der Waals surface area (Å²) in [6.45, 7) is 1.51. The van der Waals surface area contributed by atoms with Gasteiger partial charge in [0.2, 0.25) is 17.7 Å². The van der Waals surface area contributed by atoms with Crippen molar-refractivity contribution in [2.45, 2.75) is 43.9 Å². The highest BCUT2D eigenvalue weighted by atomic mass is 32.1. The maximum atomic E-state index is 13.5. The number of carbonyl (C=O) groups is 4.